The van der Waals surface area contributed by atoms with E-state index in [9.17, 15) is 10.1 Å². The van der Waals surface area contributed by atoms with E-state index in [4.69, 9.17) is 27.9 Å². The minimum absolute atomic E-state index is 0.0414. The van der Waals surface area contributed by atoms with E-state index >= 15 is 0 Å². The average molecular weight is 524 g/mol. The van der Waals surface area contributed by atoms with Gasteiger partial charge in [-0.15, -0.1) is 0 Å². The van der Waals surface area contributed by atoms with Crippen LogP contribution in [0.25, 0.3) is 0 Å². The largest absolute Gasteiger partial charge is 0.381 e. The van der Waals surface area contributed by atoms with Crippen LogP contribution in [0.5, 0.6) is 0 Å². The van der Waals surface area contributed by atoms with E-state index in [1.807, 2.05) is 12.1 Å². The summed E-state index contributed by atoms with van der Waals surface area (Å²) in [4.78, 5) is 20.0. The second kappa shape index (κ2) is 12.7. The summed E-state index contributed by atoms with van der Waals surface area (Å²) >= 11 is 12.2. The molecule has 2 saturated heterocycles. The molecule has 2 aliphatic heterocycles. The van der Waals surface area contributed by atoms with Crippen molar-refractivity contribution in [2.75, 3.05) is 50.1 Å². The van der Waals surface area contributed by atoms with Crippen LogP contribution in [-0.4, -0.2) is 60.7 Å². The number of piperazine rings is 1. The van der Waals surface area contributed by atoms with E-state index in [1.54, 1.807) is 13.1 Å². The molecule has 2 atom stereocenters. The highest BCUT2D eigenvalue weighted by Crippen LogP contribution is 2.39. The maximum absolute atomic E-state index is 11.8. The SMILES string of the molecule is C1CCOC1.CNc1nc(Cl)cc(N2CCN(C(c3ccc(Cl)cc3)C(C)C)CC2C)c1[N+](=O)[O-]. The van der Waals surface area contributed by atoms with Gasteiger partial charge in [0.25, 0.3) is 0 Å². The maximum atomic E-state index is 11.8. The first-order chi connectivity index (χ1) is 16.7. The number of benzene rings is 1. The van der Waals surface area contributed by atoms with Crippen LogP contribution in [0.3, 0.4) is 0 Å². The summed E-state index contributed by atoms with van der Waals surface area (Å²) in [6.07, 6.45) is 2.56. The molecular weight excluding hydrogens is 489 g/mol. The van der Waals surface area contributed by atoms with Crippen molar-refractivity contribution in [3.63, 3.8) is 0 Å². The smallest absolute Gasteiger partial charge is 0.334 e. The zero-order valence-electron chi connectivity index (χ0n) is 20.8. The fourth-order valence-electron chi connectivity index (χ4n) is 4.85. The number of hydrogen-bond donors (Lipinski definition) is 1. The normalized spacial score (nSPS) is 19.3. The number of nitro groups is 1. The zero-order valence-corrected chi connectivity index (χ0v) is 22.3. The van der Waals surface area contributed by atoms with Gasteiger partial charge in [0, 0.05) is 63.1 Å². The second-order valence-electron chi connectivity index (χ2n) is 9.27. The van der Waals surface area contributed by atoms with Gasteiger partial charge in [-0.05, 0) is 43.4 Å². The summed E-state index contributed by atoms with van der Waals surface area (Å²) in [7, 11) is 1.61. The average Bonchev–Trinajstić information content (AvgIpc) is 3.40. The van der Waals surface area contributed by atoms with Gasteiger partial charge in [0.15, 0.2) is 0 Å². The van der Waals surface area contributed by atoms with Crippen molar-refractivity contribution in [3.05, 3.63) is 56.2 Å². The van der Waals surface area contributed by atoms with Gasteiger partial charge in [-0.1, -0.05) is 49.2 Å². The van der Waals surface area contributed by atoms with Gasteiger partial charge >= 0.3 is 5.69 Å². The lowest BCUT2D eigenvalue weighted by Crippen LogP contribution is -2.53. The minimum atomic E-state index is -0.395. The highest BCUT2D eigenvalue weighted by Gasteiger charge is 2.35. The topological polar surface area (TPSA) is 83.8 Å². The van der Waals surface area contributed by atoms with Gasteiger partial charge in [0.2, 0.25) is 5.82 Å². The monoisotopic (exact) mass is 523 g/mol. The number of aromatic nitrogens is 1. The number of nitrogens with zero attached hydrogens (tertiary/aromatic N) is 4. The van der Waals surface area contributed by atoms with E-state index in [0.29, 0.717) is 18.2 Å². The van der Waals surface area contributed by atoms with Crippen molar-refractivity contribution >= 4 is 40.4 Å². The summed E-state index contributed by atoms with van der Waals surface area (Å²) in [5.41, 5.74) is 1.69. The first-order valence-corrected chi connectivity index (χ1v) is 12.8. The Balaban J connectivity index is 0.000000607. The zero-order chi connectivity index (χ0) is 25.5. The molecule has 1 aromatic heterocycles. The molecule has 2 unspecified atom stereocenters. The summed E-state index contributed by atoms with van der Waals surface area (Å²) in [6, 6.07) is 9.91. The second-order valence-corrected chi connectivity index (χ2v) is 10.1. The maximum Gasteiger partial charge on any atom is 0.334 e. The third-order valence-electron chi connectivity index (χ3n) is 6.39. The van der Waals surface area contributed by atoms with Gasteiger partial charge in [0.05, 0.1) is 4.92 Å². The van der Waals surface area contributed by atoms with Crippen LogP contribution in [0.4, 0.5) is 17.2 Å². The van der Waals surface area contributed by atoms with E-state index < -0.39 is 4.92 Å². The lowest BCUT2D eigenvalue weighted by Gasteiger charge is -2.45. The van der Waals surface area contributed by atoms with Crippen molar-refractivity contribution < 1.29 is 9.66 Å². The van der Waals surface area contributed by atoms with Crippen LogP contribution in [-0.2, 0) is 4.74 Å². The van der Waals surface area contributed by atoms with Crippen molar-refractivity contribution in [3.8, 4) is 0 Å². The van der Waals surface area contributed by atoms with Gasteiger partial charge in [-0.25, -0.2) is 4.98 Å². The van der Waals surface area contributed by atoms with E-state index in [1.165, 1.54) is 18.4 Å². The first-order valence-electron chi connectivity index (χ1n) is 12.1. The summed E-state index contributed by atoms with van der Waals surface area (Å²) < 4.78 is 4.94. The molecule has 0 aliphatic carbocycles. The van der Waals surface area contributed by atoms with Crippen LogP contribution in [0.2, 0.25) is 10.2 Å². The standard InChI is InChI=1S/C21H27Cl2N5O2.C4H8O/c1-13(2)19(15-5-7-16(22)8-6-15)26-9-10-27(14(3)12-26)17-11-18(23)25-21(24-4)20(17)28(29)30;1-2-4-5-3-1/h5-8,11,13-14,19H,9-10,12H2,1-4H3,(H,24,25);1-4H2. The van der Waals surface area contributed by atoms with Gasteiger partial charge in [-0.3, -0.25) is 15.0 Å². The fourth-order valence-corrected chi connectivity index (χ4v) is 5.17. The molecule has 2 aromatic rings. The van der Waals surface area contributed by atoms with Crippen LogP contribution >= 0.6 is 23.2 Å². The van der Waals surface area contributed by atoms with Crippen LogP contribution < -0.4 is 10.2 Å². The molecular formula is C25H35Cl2N5O3. The molecule has 4 rings (SSSR count). The number of ether oxygens (including phenoxy) is 1. The molecule has 0 radical (unpaired) electrons. The molecule has 0 spiro atoms. The predicted octanol–water partition coefficient (Wildman–Crippen LogP) is 6.04. The molecule has 8 nitrogen and oxygen atoms in total. The Bertz CT molecular complexity index is 978. The number of hydrogen-bond acceptors (Lipinski definition) is 7. The Kier molecular flexibility index (Phi) is 9.98. The van der Waals surface area contributed by atoms with Crippen LogP contribution in [0, 0.1) is 16.0 Å². The molecule has 192 valence electrons. The van der Waals surface area contributed by atoms with Crippen molar-refractivity contribution in [1.29, 1.82) is 0 Å². The predicted molar refractivity (Wildman–Crippen MR) is 143 cm³/mol. The quantitative estimate of drug-likeness (QED) is 0.280. The molecule has 0 saturated carbocycles. The number of anilines is 2. The van der Waals surface area contributed by atoms with Gasteiger partial charge in [-0.2, -0.15) is 0 Å². The molecule has 1 N–H and O–H groups in total. The highest BCUT2D eigenvalue weighted by atomic mass is 35.5. The van der Waals surface area contributed by atoms with Gasteiger partial charge < -0.3 is 15.0 Å². The van der Waals surface area contributed by atoms with Crippen LogP contribution in [0.15, 0.2) is 30.3 Å². The Morgan fingerprint density at radius 3 is 2.31 bits per heavy atom. The Morgan fingerprint density at radius 2 is 1.83 bits per heavy atom. The molecule has 10 heteroatoms. The summed E-state index contributed by atoms with van der Waals surface area (Å²) in [5, 5.41) is 15.5. The Morgan fingerprint density at radius 1 is 1.17 bits per heavy atom. The molecule has 2 fully saturated rings. The first kappa shape index (κ1) is 27.5. The summed E-state index contributed by atoms with van der Waals surface area (Å²) in [6.45, 7) is 10.7. The lowest BCUT2D eigenvalue weighted by atomic mass is 9.93. The molecule has 0 bridgehead atoms. The fraction of sp³-hybridized carbons (Fsp3) is 0.560. The molecule has 2 aliphatic rings. The van der Waals surface area contributed by atoms with Gasteiger partial charge in [0.1, 0.15) is 10.8 Å². The molecule has 35 heavy (non-hydrogen) atoms. The molecule has 3 heterocycles. The Hall–Kier alpha value is -2.13. The Labute approximate surface area is 217 Å². The number of rotatable bonds is 6. The third kappa shape index (κ3) is 6.97. The minimum Gasteiger partial charge on any atom is -0.381 e. The lowest BCUT2D eigenvalue weighted by molar-refractivity contribution is -0.383. The van der Waals surface area contributed by atoms with Crippen LogP contribution in [0.1, 0.15) is 45.2 Å². The van der Waals surface area contributed by atoms with E-state index in [2.05, 4.69) is 53.0 Å². The number of pyridine rings is 1. The summed E-state index contributed by atoms with van der Waals surface area (Å²) in [5.74, 6) is 0.587. The van der Waals surface area contributed by atoms with Crippen molar-refractivity contribution in [2.24, 2.45) is 5.92 Å². The third-order valence-corrected chi connectivity index (χ3v) is 6.84. The number of nitrogens with one attached hydrogen (secondary N) is 1. The highest BCUT2D eigenvalue weighted by molar-refractivity contribution is 6.30. The van der Waals surface area contributed by atoms with Crippen molar-refractivity contribution in [1.82, 2.24) is 9.88 Å². The van der Waals surface area contributed by atoms with E-state index in [0.717, 1.165) is 31.3 Å². The van der Waals surface area contributed by atoms with Crippen molar-refractivity contribution in [2.45, 2.75) is 45.7 Å². The van der Waals surface area contributed by atoms with E-state index in [-0.39, 0.29) is 28.7 Å². The number of halogens is 2. The molecule has 0 amide bonds. The molecule has 1 aromatic carbocycles.